The van der Waals surface area contributed by atoms with Crippen molar-refractivity contribution in [3.05, 3.63) is 29.6 Å². The summed E-state index contributed by atoms with van der Waals surface area (Å²) in [6.07, 6.45) is 2.48. The SMILES string of the molecule is CC.CC.CCOC(=O)c1cncc(CNC(=O)OC(C)(C)C)c1. The van der Waals surface area contributed by atoms with Crippen LogP contribution in [0.25, 0.3) is 0 Å². The molecule has 0 saturated heterocycles. The van der Waals surface area contributed by atoms with Gasteiger partial charge in [0.15, 0.2) is 0 Å². The molecular formula is C18H32N2O4. The Hall–Kier alpha value is -2.11. The van der Waals surface area contributed by atoms with Gasteiger partial charge in [-0.05, 0) is 39.3 Å². The van der Waals surface area contributed by atoms with Crippen molar-refractivity contribution >= 4 is 12.1 Å². The molecular weight excluding hydrogens is 308 g/mol. The zero-order valence-electron chi connectivity index (χ0n) is 16.2. The van der Waals surface area contributed by atoms with E-state index in [0.29, 0.717) is 17.7 Å². The maximum absolute atomic E-state index is 11.5. The van der Waals surface area contributed by atoms with Crippen molar-refractivity contribution in [3.8, 4) is 0 Å². The van der Waals surface area contributed by atoms with Crippen LogP contribution in [0.3, 0.4) is 0 Å². The average Bonchev–Trinajstić information content (AvgIpc) is 2.56. The summed E-state index contributed by atoms with van der Waals surface area (Å²) < 4.78 is 10.00. The molecule has 0 atom stereocenters. The monoisotopic (exact) mass is 340 g/mol. The largest absolute Gasteiger partial charge is 0.462 e. The van der Waals surface area contributed by atoms with Crippen molar-refractivity contribution in [2.24, 2.45) is 0 Å². The number of ether oxygens (including phenoxy) is 2. The maximum atomic E-state index is 11.5. The van der Waals surface area contributed by atoms with E-state index in [9.17, 15) is 9.59 Å². The highest BCUT2D eigenvalue weighted by atomic mass is 16.6. The normalized spacial score (nSPS) is 9.50. The first-order chi connectivity index (χ1) is 11.3. The predicted molar refractivity (Wildman–Crippen MR) is 96.0 cm³/mol. The number of aromatic nitrogens is 1. The fourth-order valence-electron chi connectivity index (χ4n) is 1.40. The van der Waals surface area contributed by atoms with Crippen LogP contribution in [0.4, 0.5) is 4.79 Å². The van der Waals surface area contributed by atoms with Gasteiger partial charge in [0.05, 0.1) is 12.2 Å². The first-order valence-electron chi connectivity index (χ1n) is 8.39. The Balaban J connectivity index is 0. The summed E-state index contributed by atoms with van der Waals surface area (Å²) in [7, 11) is 0. The summed E-state index contributed by atoms with van der Waals surface area (Å²) in [5, 5.41) is 2.60. The molecule has 1 heterocycles. The number of alkyl carbamates (subject to hydrolysis) is 1. The van der Waals surface area contributed by atoms with Crippen molar-refractivity contribution in [2.45, 2.75) is 67.5 Å². The van der Waals surface area contributed by atoms with Crippen LogP contribution in [0, 0.1) is 0 Å². The van der Waals surface area contributed by atoms with Gasteiger partial charge in [-0.2, -0.15) is 0 Å². The van der Waals surface area contributed by atoms with Gasteiger partial charge >= 0.3 is 12.1 Å². The highest BCUT2D eigenvalue weighted by molar-refractivity contribution is 5.89. The van der Waals surface area contributed by atoms with E-state index in [0.717, 1.165) is 0 Å². The standard InChI is InChI=1S/C14H20N2O4.2C2H6/c1-5-19-12(17)11-6-10(7-15-9-11)8-16-13(18)20-14(2,3)4;2*1-2/h6-7,9H,5,8H2,1-4H3,(H,16,18);2*1-2H3. The van der Waals surface area contributed by atoms with Gasteiger partial charge in [-0.25, -0.2) is 9.59 Å². The molecule has 0 saturated carbocycles. The van der Waals surface area contributed by atoms with E-state index >= 15 is 0 Å². The van der Waals surface area contributed by atoms with E-state index in [1.807, 2.05) is 27.7 Å². The molecule has 1 amide bonds. The van der Waals surface area contributed by atoms with Gasteiger partial charge in [0, 0.05) is 18.9 Å². The first-order valence-corrected chi connectivity index (χ1v) is 8.39. The average molecular weight is 340 g/mol. The Morgan fingerprint density at radius 2 is 1.71 bits per heavy atom. The lowest BCUT2D eigenvalue weighted by molar-refractivity contribution is 0.0517. The molecule has 0 aliphatic heterocycles. The molecule has 1 aromatic heterocycles. The van der Waals surface area contributed by atoms with E-state index < -0.39 is 17.7 Å². The number of esters is 1. The number of nitrogens with zero attached hydrogens (tertiary/aromatic N) is 1. The zero-order chi connectivity index (χ0) is 19.2. The minimum atomic E-state index is -0.547. The summed E-state index contributed by atoms with van der Waals surface area (Å²) in [6.45, 7) is 15.6. The molecule has 1 rings (SSSR count). The number of hydrogen-bond acceptors (Lipinski definition) is 5. The van der Waals surface area contributed by atoms with Crippen molar-refractivity contribution in [2.75, 3.05) is 6.61 Å². The minimum absolute atomic E-state index is 0.231. The number of carbonyl (C=O) groups is 2. The van der Waals surface area contributed by atoms with Gasteiger partial charge in [0.1, 0.15) is 5.60 Å². The van der Waals surface area contributed by atoms with Crippen LogP contribution in [0.5, 0.6) is 0 Å². The smallest absolute Gasteiger partial charge is 0.407 e. The maximum Gasteiger partial charge on any atom is 0.407 e. The lowest BCUT2D eigenvalue weighted by atomic mass is 10.2. The van der Waals surface area contributed by atoms with E-state index in [4.69, 9.17) is 9.47 Å². The highest BCUT2D eigenvalue weighted by Crippen LogP contribution is 2.08. The Morgan fingerprint density at radius 1 is 1.12 bits per heavy atom. The Bertz CT molecular complexity index is 482. The second kappa shape index (κ2) is 13.3. The molecule has 6 heteroatoms. The fraction of sp³-hybridized carbons (Fsp3) is 0.611. The molecule has 0 unspecified atom stereocenters. The number of nitrogens with one attached hydrogen (secondary N) is 1. The van der Waals surface area contributed by atoms with E-state index in [-0.39, 0.29) is 6.54 Å². The first kappa shape index (κ1) is 24.1. The topological polar surface area (TPSA) is 77.5 Å². The third kappa shape index (κ3) is 11.5. The van der Waals surface area contributed by atoms with E-state index in [1.165, 1.54) is 6.20 Å². The third-order valence-electron chi connectivity index (χ3n) is 2.14. The molecule has 0 radical (unpaired) electrons. The Morgan fingerprint density at radius 3 is 2.21 bits per heavy atom. The van der Waals surface area contributed by atoms with Crippen LogP contribution in [0.1, 0.15) is 71.3 Å². The van der Waals surface area contributed by atoms with Crippen molar-refractivity contribution in [3.63, 3.8) is 0 Å². The van der Waals surface area contributed by atoms with Crippen LogP contribution < -0.4 is 5.32 Å². The zero-order valence-corrected chi connectivity index (χ0v) is 16.2. The number of rotatable bonds is 4. The van der Waals surface area contributed by atoms with E-state index in [1.54, 1.807) is 40.0 Å². The summed E-state index contributed by atoms with van der Waals surface area (Å²) >= 11 is 0. The molecule has 0 bridgehead atoms. The molecule has 24 heavy (non-hydrogen) atoms. The minimum Gasteiger partial charge on any atom is -0.462 e. The Kier molecular flexibility index (Phi) is 13.4. The molecule has 0 aliphatic carbocycles. The number of amides is 1. The second-order valence-corrected chi connectivity index (χ2v) is 5.16. The van der Waals surface area contributed by atoms with Crippen molar-refractivity contribution in [1.82, 2.24) is 10.3 Å². The van der Waals surface area contributed by atoms with Gasteiger partial charge in [-0.15, -0.1) is 0 Å². The van der Waals surface area contributed by atoms with Crippen LogP contribution >= 0.6 is 0 Å². The van der Waals surface area contributed by atoms with Gasteiger partial charge in [0.25, 0.3) is 0 Å². The molecule has 1 N–H and O–H groups in total. The lowest BCUT2D eigenvalue weighted by Gasteiger charge is -2.19. The molecule has 138 valence electrons. The van der Waals surface area contributed by atoms with Gasteiger partial charge < -0.3 is 14.8 Å². The van der Waals surface area contributed by atoms with Crippen molar-refractivity contribution in [1.29, 1.82) is 0 Å². The number of carbonyl (C=O) groups excluding carboxylic acids is 2. The lowest BCUT2D eigenvalue weighted by Crippen LogP contribution is -2.32. The van der Waals surface area contributed by atoms with E-state index in [2.05, 4.69) is 10.3 Å². The van der Waals surface area contributed by atoms with Crippen LogP contribution in [0.2, 0.25) is 0 Å². The molecule has 1 aromatic rings. The summed E-state index contributed by atoms with van der Waals surface area (Å²) in [5.74, 6) is -0.431. The van der Waals surface area contributed by atoms with Crippen LogP contribution in [0.15, 0.2) is 18.5 Å². The van der Waals surface area contributed by atoms with Crippen molar-refractivity contribution < 1.29 is 19.1 Å². The molecule has 0 fully saturated rings. The molecule has 0 aromatic carbocycles. The van der Waals surface area contributed by atoms with Crippen LogP contribution in [-0.4, -0.2) is 29.3 Å². The summed E-state index contributed by atoms with van der Waals surface area (Å²) in [4.78, 5) is 27.0. The van der Waals surface area contributed by atoms with Gasteiger partial charge in [-0.1, -0.05) is 27.7 Å². The Labute approximate surface area is 146 Å². The second-order valence-electron chi connectivity index (χ2n) is 5.16. The summed E-state index contributed by atoms with van der Waals surface area (Å²) in [6, 6.07) is 1.63. The summed E-state index contributed by atoms with van der Waals surface area (Å²) in [5.41, 5.74) is 0.506. The van der Waals surface area contributed by atoms with Gasteiger partial charge in [-0.3, -0.25) is 4.98 Å². The van der Waals surface area contributed by atoms with Crippen LogP contribution in [-0.2, 0) is 16.0 Å². The van der Waals surface area contributed by atoms with Gasteiger partial charge in [0.2, 0.25) is 0 Å². The highest BCUT2D eigenvalue weighted by Gasteiger charge is 2.16. The number of pyridine rings is 1. The molecule has 6 nitrogen and oxygen atoms in total. The quantitative estimate of drug-likeness (QED) is 0.825. The number of hydrogen-bond donors (Lipinski definition) is 1. The third-order valence-corrected chi connectivity index (χ3v) is 2.14. The predicted octanol–water partition coefficient (Wildman–Crippen LogP) is 4.34. The fourth-order valence-corrected chi connectivity index (χ4v) is 1.40. The molecule has 0 aliphatic rings. The molecule has 0 spiro atoms.